The van der Waals surface area contributed by atoms with Crippen molar-refractivity contribution >= 4 is 15.9 Å². The normalized spacial score (nSPS) is 22.2. The summed E-state index contributed by atoms with van der Waals surface area (Å²) in [7, 11) is 0. The number of halogens is 1. The summed E-state index contributed by atoms with van der Waals surface area (Å²) >= 11 is 3.29. The maximum Gasteiger partial charge on any atom is 0.129 e. The molecule has 76 valence electrons. The lowest BCUT2D eigenvalue weighted by Crippen LogP contribution is -2.33. The fraction of sp³-hybridized carbons (Fsp3) is 0.400. The fourth-order valence-electron chi connectivity index (χ4n) is 1.50. The van der Waals surface area contributed by atoms with Crippen LogP contribution in [0.3, 0.4) is 0 Å². The first-order chi connectivity index (χ1) is 6.77. The minimum absolute atomic E-state index is 0.0978. The Morgan fingerprint density at radius 1 is 1.50 bits per heavy atom. The van der Waals surface area contributed by atoms with Crippen LogP contribution in [-0.4, -0.2) is 24.8 Å². The molecule has 0 saturated carbocycles. The Kier molecular flexibility index (Phi) is 3.05. The molecule has 0 bridgehead atoms. The van der Waals surface area contributed by atoms with Crippen LogP contribution in [0.5, 0.6) is 5.75 Å². The second-order valence-electron chi connectivity index (χ2n) is 3.27. The summed E-state index contributed by atoms with van der Waals surface area (Å²) in [5.41, 5.74) is 1.09. The van der Waals surface area contributed by atoms with E-state index in [9.17, 15) is 5.11 Å². The standard InChI is InChI=1S/C10H12BrNO2/c11-8-5-7(1-2-9(8)13)10-6-12-3-4-14-10/h1-2,5,10,12-13H,3-4,6H2. The third-order valence-electron chi connectivity index (χ3n) is 2.27. The third-order valence-corrected chi connectivity index (χ3v) is 2.91. The molecule has 0 aliphatic carbocycles. The van der Waals surface area contributed by atoms with Crippen molar-refractivity contribution < 1.29 is 9.84 Å². The lowest BCUT2D eigenvalue weighted by Gasteiger charge is -2.24. The number of hydrogen-bond donors (Lipinski definition) is 2. The summed E-state index contributed by atoms with van der Waals surface area (Å²) in [4.78, 5) is 0. The van der Waals surface area contributed by atoms with Gasteiger partial charge >= 0.3 is 0 Å². The molecule has 1 heterocycles. The quantitative estimate of drug-likeness (QED) is 0.807. The number of nitrogens with one attached hydrogen (secondary N) is 1. The maximum atomic E-state index is 9.34. The van der Waals surface area contributed by atoms with Crippen LogP contribution in [0.25, 0.3) is 0 Å². The van der Waals surface area contributed by atoms with Crippen LogP contribution >= 0.6 is 15.9 Å². The van der Waals surface area contributed by atoms with E-state index in [1.165, 1.54) is 0 Å². The van der Waals surface area contributed by atoms with Gasteiger partial charge in [-0.15, -0.1) is 0 Å². The molecular formula is C10H12BrNO2. The second-order valence-corrected chi connectivity index (χ2v) is 4.13. The molecule has 1 aliphatic rings. The Morgan fingerprint density at radius 3 is 3.00 bits per heavy atom. The number of aromatic hydroxyl groups is 1. The number of ether oxygens (including phenoxy) is 1. The average molecular weight is 258 g/mol. The van der Waals surface area contributed by atoms with Crippen LogP contribution in [0.1, 0.15) is 11.7 Å². The Morgan fingerprint density at radius 2 is 2.36 bits per heavy atom. The Balaban J connectivity index is 2.18. The first kappa shape index (κ1) is 9.96. The SMILES string of the molecule is Oc1ccc(C2CNCCO2)cc1Br. The van der Waals surface area contributed by atoms with Crippen molar-refractivity contribution in [1.29, 1.82) is 0 Å². The summed E-state index contributed by atoms with van der Waals surface area (Å²) < 4.78 is 6.31. The number of phenols is 1. The molecule has 14 heavy (non-hydrogen) atoms. The minimum Gasteiger partial charge on any atom is -0.507 e. The first-order valence-electron chi connectivity index (χ1n) is 4.58. The molecule has 1 saturated heterocycles. The van der Waals surface area contributed by atoms with Crippen molar-refractivity contribution in [2.75, 3.05) is 19.7 Å². The Hall–Kier alpha value is -0.580. The molecule has 0 amide bonds. The molecule has 1 aromatic carbocycles. The Bertz CT molecular complexity index is 324. The van der Waals surface area contributed by atoms with E-state index in [-0.39, 0.29) is 11.9 Å². The van der Waals surface area contributed by atoms with Gasteiger partial charge in [-0.2, -0.15) is 0 Å². The van der Waals surface area contributed by atoms with E-state index in [1.807, 2.05) is 12.1 Å². The molecule has 1 fully saturated rings. The number of rotatable bonds is 1. The van der Waals surface area contributed by atoms with Crippen LogP contribution in [-0.2, 0) is 4.74 Å². The molecule has 1 aromatic rings. The van der Waals surface area contributed by atoms with E-state index in [1.54, 1.807) is 6.07 Å². The molecule has 1 aliphatic heterocycles. The van der Waals surface area contributed by atoms with Gasteiger partial charge in [0.25, 0.3) is 0 Å². The highest BCUT2D eigenvalue weighted by Crippen LogP contribution is 2.28. The molecule has 0 aromatic heterocycles. The predicted octanol–water partition coefficient (Wildman–Crippen LogP) is 1.82. The van der Waals surface area contributed by atoms with Gasteiger partial charge in [0.1, 0.15) is 5.75 Å². The highest BCUT2D eigenvalue weighted by molar-refractivity contribution is 9.10. The van der Waals surface area contributed by atoms with Crippen molar-refractivity contribution in [1.82, 2.24) is 5.32 Å². The molecular weight excluding hydrogens is 246 g/mol. The number of hydrogen-bond acceptors (Lipinski definition) is 3. The van der Waals surface area contributed by atoms with Gasteiger partial charge in [0.05, 0.1) is 17.2 Å². The topological polar surface area (TPSA) is 41.5 Å². The van der Waals surface area contributed by atoms with E-state index in [0.717, 1.165) is 25.3 Å². The van der Waals surface area contributed by atoms with E-state index < -0.39 is 0 Å². The van der Waals surface area contributed by atoms with E-state index in [0.29, 0.717) is 4.47 Å². The summed E-state index contributed by atoms with van der Waals surface area (Å²) in [6, 6.07) is 5.46. The highest BCUT2D eigenvalue weighted by Gasteiger charge is 2.16. The van der Waals surface area contributed by atoms with Crippen molar-refractivity contribution in [3.05, 3.63) is 28.2 Å². The zero-order chi connectivity index (χ0) is 9.97. The monoisotopic (exact) mass is 257 g/mol. The molecule has 3 nitrogen and oxygen atoms in total. The lowest BCUT2D eigenvalue weighted by atomic mass is 10.1. The summed E-state index contributed by atoms with van der Waals surface area (Å²) in [5, 5.41) is 12.6. The van der Waals surface area contributed by atoms with Gasteiger partial charge < -0.3 is 15.2 Å². The largest absolute Gasteiger partial charge is 0.507 e. The zero-order valence-electron chi connectivity index (χ0n) is 7.66. The van der Waals surface area contributed by atoms with Gasteiger partial charge in [-0.25, -0.2) is 0 Å². The third kappa shape index (κ3) is 2.08. The van der Waals surface area contributed by atoms with E-state index in [4.69, 9.17) is 4.74 Å². The molecule has 2 rings (SSSR count). The van der Waals surface area contributed by atoms with Gasteiger partial charge in [-0.05, 0) is 33.6 Å². The van der Waals surface area contributed by atoms with Gasteiger partial charge in [-0.3, -0.25) is 0 Å². The molecule has 0 spiro atoms. The Labute approximate surface area is 91.2 Å². The fourth-order valence-corrected chi connectivity index (χ4v) is 1.90. The van der Waals surface area contributed by atoms with Gasteiger partial charge in [-0.1, -0.05) is 6.07 Å². The van der Waals surface area contributed by atoms with Gasteiger partial charge in [0, 0.05) is 13.1 Å². The summed E-state index contributed by atoms with van der Waals surface area (Å²) in [6.45, 7) is 2.48. The van der Waals surface area contributed by atoms with Crippen LogP contribution < -0.4 is 5.32 Å². The average Bonchev–Trinajstić information content (AvgIpc) is 2.23. The van der Waals surface area contributed by atoms with Crippen LogP contribution in [0.2, 0.25) is 0 Å². The van der Waals surface area contributed by atoms with E-state index >= 15 is 0 Å². The molecule has 1 unspecified atom stereocenters. The summed E-state index contributed by atoms with van der Waals surface area (Å²) in [6.07, 6.45) is 0.0978. The van der Waals surface area contributed by atoms with Crippen molar-refractivity contribution in [3.8, 4) is 5.75 Å². The van der Waals surface area contributed by atoms with Gasteiger partial charge in [0.2, 0.25) is 0 Å². The van der Waals surface area contributed by atoms with Crippen LogP contribution in [0.15, 0.2) is 22.7 Å². The maximum absolute atomic E-state index is 9.34. The number of phenolic OH excluding ortho intramolecular Hbond substituents is 1. The zero-order valence-corrected chi connectivity index (χ0v) is 9.25. The van der Waals surface area contributed by atoms with Crippen molar-refractivity contribution in [3.63, 3.8) is 0 Å². The highest BCUT2D eigenvalue weighted by atomic mass is 79.9. The van der Waals surface area contributed by atoms with Crippen molar-refractivity contribution in [2.45, 2.75) is 6.10 Å². The number of benzene rings is 1. The molecule has 2 N–H and O–H groups in total. The molecule has 1 atom stereocenters. The summed E-state index contributed by atoms with van der Waals surface area (Å²) in [5.74, 6) is 0.262. The number of morpholine rings is 1. The lowest BCUT2D eigenvalue weighted by molar-refractivity contribution is 0.0276. The molecule has 0 radical (unpaired) electrons. The first-order valence-corrected chi connectivity index (χ1v) is 5.37. The minimum atomic E-state index is 0.0978. The van der Waals surface area contributed by atoms with Crippen LogP contribution in [0.4, 0.5) is 0 Å². The molecule has 4 heteroatoms. The van der Waals surface area contributed by atoms with Crippen molar-refractivity contribution in [2.24, 2.45) is 0 Å². The van der Waals surface area contributed by atoms with Crippen LogP contribution in [0, 0.1) is 0 Å². The van der Waals surface area contributed by atoms with E-state index in [2.05, 4.69) is 21.2 Å². The smallest absolute Gasteiger partial charge is 0.129 e. The predicted molar refractivity (Wildman–Crippen MR) is 57.4 cm³/mol. The van der Waals surface area contributed by atoms with Gasteiger partial charge in [0.15, 0.2) is 0 Å². The second kappa shape index (κ2) is 4.29.